The number of carbonyl (C=O) groups is 3. The van der Waals surface area contributed by atoms with E-state index in [0.717, 1.165) is 0 Å². The summed E-state index contributed by atoms with van der Waals surface area (Å²) in [6.07, 6.45) is 0.760. The molecule has 0 bridgehead atoms. The van der Waals surface area contributed by atoms with Crippen LogP contribution in [0.4, 0.5) is 9.18 Å². The van der Waals surface area contributed by atoms with Crippen molar-refractivity contribution in [3.05, 3.63) is 0 Å². The van der Waals surface area contributed by atoms with Gasteiger partial charge in [0.1, 0.15) is 17.9 Å². The van der Waals surface area contributed by atoms with Gasteiger partial charge >= 0.3 is 12.1 Å². The highest BCUT2D eigenvalue weighted by atomic mass is 19.1. The molecule has 1 heterocycles. The molecule has 0 spiro atoms. The summed E-state index contributed by atoms with van der Waals surface area (Å²) in [5, 5.41) is 0. The lowest BCUT2D eigenvalue weighted by molar-refractivity contribution is -0.147. The van der Waals surface area contributed by atoms with Crippen LogP contribution in [0.15, 0.2) is 0 Å². The average molecular weight is 372 g/mol. The lowest BCUT2D eigenvalue weighted by Gasteiger charge is -2.40. The zero-order chi connectivity index (χ0) is 19.5. The minimum atomic E-state index is -1.19. The van der Waals surface area contributed by atoms with Crippen LogP contribution < -0.4 is 0 Å². The number of rotatable bonds is 4. The van der Waals surface area contributed by atoms with Crippen molar-refractivity contribution in [3.63, 3.8) is 0 Å². The van der Waals surface area contributed by atoms with Gasteiger partial charge in [-0.1, -0.05) is 0 Å². The van der Waals surface area contributed by atoms with Crippen molar-refractivity contribution in [2.45, 2.75) is 76.9 Å². The Balaban J connectivity index is 2.06. The summed E-state index contributed by atoms with van der Waals surface area (Å²) < 4.78 is 24.2. The fourth-order valence-corrected chi connectivity index (χ4v) is 3.74. The molecule has 1 aliphatic carbocycles. The molecule has 1 saturated heterocycles. The standard InChI is InChI=1S/C18H29FN2O5/c1-18(2,3)26-17(24)20-10-13(19)9-15(20)21(11-22)14-7-5-12(6-8-14)16(23)25-4/h11-15H,5-10H2,1-4H3/t12?,13-,14?,15+/m0/s1. The van der Waals surface area contributed by atoms with E-state index in [9.17, 15) is 18.8 Å². The molecular weight excluding hydrogens is 343 g/mol. The first-order valence-corrected chi connectivity index (χ1v) is 9.10. The zero-order valence-corrected chi connectivity index (χ0v) is 15.9. The molecule has 0 N–H and O–H groups in total. The maximum Gasteiger partial charge on any atom is 0.412 e. The highest BCUT2D eigenvalue weighted by Gasteiger charge is 2.43. The SMILES string of the molecule is COC(=O)C1CCC(N(C=O)[C@@H]2C[C@H](F)CN2C(=O)OC(C)(C)C)CC1. The number of esters is 1. The van der Waals surface area contributed by atoms with E-state index in [4.69, 9.17) is 9.47 Å². The summed E-state index contributed by atoms with van der Waals surface area (Å²) in [6.45, 7) is 5.15. The minimum Gasteiger partial charge on any atom is -0.469 e. The Bertz CT molecular complexity index is 528. The number of nitrogens with zero attached hydrogens (tertiary/aromatic N) is 2. The molecule has 2 fully saturated rings. The van der Waals surface area contributed by atoms with Gasteiger partial charge < -0.3 is 14.4 Å². The first-order chi connectivity index (χ1) is 12.2. The molecule has 1 saturated carbocycles. The van der Waals surface area contributed by atoms with Crippen molar-refractivity contribution in [2.24, 2.45) is 5.92 Å². The predicted molar refractivity (Wildman–Crippen MR) is 91.9 cm³/mol. The second-order valence-corrected chi connectivity index (χ2v) is 8.03. The Kier molecular flexibility index (Phi) is 6.47. The third-order valence-electron chi connectivity index (χ3n) is 4.97. The van der Waals surface area contributed by atoms with Crippen LogP contribution in [0.2, 0.25) is 0 Å². The molecule has 0 unspecified atom stereocenters. The second kappa shape index (κ2) is 8.22. The molecule has 26 heavy (non-hydrogen) atoms. The van der Waals surface area contributed by atoms with Crippen LogP contribution in [-0.4, -0.2) is 65.9 Å². The number of alkyl halides is 1. The van der Waals surface area contributed by atoms with Crippen LogP contribution >= 0.6 is 0 Å². The van der Waals surface area contributed by atoms with Crippen molar-refractivity contribution in [3.8, 4) is 0 Å². The number of carbonyl (C=O) groups excluding carboxylic acids is 3. The Hall–Kier alpha value is -1.86. The molecule has 0 aromatic carbocycles. The molecule has 148 valence electrons. The number of halogens is 1. The van der Waals surface area contributed by atoms with Gasteiger partial charge in [0.2, 0.25) is 6.41 Å². The van der Waals surface area contributed by atoms with E-state index < -0.39 is 24.0 Å². The van der Waals surface area contributed by atoms with Crippen molar-refractivity contribution in [1.82, 2.24) is 9.80 Å². The largest absolute Gasteiger partial charge is 0.469 e. The van der Waals surface area contributed by atoms with E-state index in [-0.39, 0.29) is 30.9 Å². The maximum absolute atomic E-state index is 14.0. The van der Waals surface area contributed by atoms with Crippen molar-refractivity contribution >= 4 is 18.5 Å². The normalized spacial score (nSPS) is 29.2. The fourth-order valence-electron chi connectivity index (χ4n) is 3.74. The van der Waals surface area contributed by atoms with Gasteiger partial charge in [0.25, 0.3) is 0 Å². The summed E-state index contributed by atoms with van der Waals surface area (Å²) >= 11 is 0. The molecule has 2 rings (SSSR count). The number of likely N-dealkylation sites (tertiary alicyclic amines) is 1. The third kappa shape index (κ3) is 4.86. The van der Waals surface area contributed by atoms with Crippen LogP contribution in [0.25, 0.3) is 0 Å². The average Bonchev–Trinajstić information content (AvgIpc) is 2.96. The van der Waals surface area contributed by atoms with E-state index in [1.54, 1.807) is 20.8 Å². The van der Waals surface area contributed by atoms with E-state index in [1.807, 2.05) is 0 Å². The predicted octanol–water partition coefficient (Wildman–Crippen LogP) is 2.48. The van der Waals surface area contributed by atoms with Crippen LogP contribution in [0, 0.1) is 5.92 Å². The van der Waals surface area contributed by atoms with E-state index in [1.165, 1.54) is 16.9 Å². The summed E-state index contributed by atoms with van der Waals surface area (Å²) in [4.78, 5) is 38.7. The van der Waals surface area contributed by atoms with E-state index >= 15 is 0 Å². The van der Waals surface area contributed by atoms with Crippen molar-refractivity contribution in [1.29, 1.82) is 0 Å². The monoisotopic (exact) mass is 372 g/mol. The van der Waals surface area contributed by atoms with Crippen LogP contribution in [0.3, 0.4) is 0 Å². The van der Waals surface area contributed by atoms with Crippen LogP contribution in [0.5, 0.6) is 0 Å². The summed E-state index contributed by atoms with van der Waals surface area (Å²) in [6, 6.07) is -0.131. The summed E-state index contributed by atoms with van der Waals surface area (Å²) in [5.74, 6) is -0.398. The molecule has 0 aromatic heterocycles. The second-order valence-electron chi connectivity index (χ2n) is 8.03. The van der Waals surface area contributed by atoms with Gasteiger partial charge in [0.15, 0.2) is 0 Å². The van der Waals surface area contributed by atoms with E-state index in [2.05, 4.69) is 0 Å². The highest BCUT2D eigenvalue weighted by Crippen LogP contribution is 2.33. The fraction of sp³-hybridized carbons (Fsp3) is 0.833. The van der Waals surface area contributed by atoms with Crippen LogP contribution in [-0.2, 0) is 19.1 Å². The number of hydrogen-bond acceptors (Lipinski definition) is 5. The zero-order valence-electron chi connectivity index (χ0n) is 15.9. The first kappa shape index (κ1) is 20.5. The summed E-state index contributed by atoms with van der Waals surface area (Å²) in [5.41, 5.74) is -0.694. The van der Waals surface area contributed by atoms with E-state index in [0.29, 0.717) is 32.1 Å². The molecular formula is C18H29FN2O5. The Morgan fingerprint density at radius 3 is 2.31 bits per heavy atom. The molecule has 8 heteroatoms. The smallest absolute Gasteiger partial charge is 0.412 e. The quantitative estimate of drug-likeness (QED) is 0.560. The molecule has 7 nitrogen and oxygen atoms in total. The van der Waals surface area contributed by atoms with Gasteiger partial charge in [0, 0.05) is 12.5 Å². The van der Waals surface area contributed by atoms with Crippen LogP contribution in [0.1, 0.15) is 52.9 Å². The molecule has 2 atom stereocenters. The molecule has 1 aliphatic heterocycles. The number of ether oxygens (including phenoxy) is 2. The van der Waals surface area contributed by atoms with Gasteiger partial charge in [-0.25, -0.2) is 9.18 Å². The lowest BCUT2D eigenvalue weighted by atomic mass is 9.85. The third-order valence-corrected chi connectivity index (χ3v) is 4.97. The van der Waals surface area contributed by atoms with Gasteiger partial charge in [-0.15, -0.1) is 0 Å². The topological polar surface area (TPSA) is 76.2 Å². The lowest BCUT2D eigenvalue weighted by Crippen LogP contribution is -2.52. The number of methoxy groups -OCH3 is 1. The molecule has 2 aliphatic rings. The highest BCUT2D eigenvalue weighted by molar-refractivity contribution is 5.72. The van der Waals surface area contributed by atoms with Gasteiger partial charge in [-0.05, 0) is 46.5 Å². The Labute approximate surface area is 153 Å². The molecule has 0 radical (unpaired) electrons. The molecule has 2 amide bonds. The maximum atomic E-state index is 14.0. The van der Waals surface area contributed by atoms with Gasteiger partial charge in [0.05, 0.1) is 19.6 Å². The Morgan fingerprint density at radius 1 is 1.19 bits per heavy atom. The number of amides is 2. The number of hydrogen-bond donors (Lipinski definition) is 0. The van der Waals surface area contributed by atoms with Gasteiger partial charge in [-0.3, -0.25) is 14.5 Å². The summed E-state index contributed by atoms with van der Waals surface area (Å²) in [7, 11) is 1.37. The Morgan fingerprint density at radius 2 is 1.81 bits per heavy atom. The minimum absolute atomic E-state index is 0.0783. The first-order valence-electron chi connectivity index (χ1n) is 9.10. The van der Waals surface area contributed by atoms with Crippen molar-refractivity contribution < 1.29 is 28.2 Å². The van der Waals surface area contributed by atoms with Gasteiger partial charge in [-0.2, -0.15) is 0 Å². The van der Waals surface area contributed by atoms with Crippen molar-refractivity contribution in [2.75, 3.05) is 13.7 Å². The molecule has 0 aromatic rings.